The summed E-state index contributed by atoms with van der Waals surface area (Å²) in [5.41, 5.74) is 2.91. The molecule has 0 bridgehead atoms. The molecule has 0 unspecified atom stereocenters. The number of benzene rings is 2. The largest absolute Gasteiger partial charge is 0.276 e. The first kappa shape index (κ1) is 17.1. The monoisotopic (exact) mass is 359 g/mol. The van der Waals surface area contributed by atoms with Crippen molar-refractivity contribution in [2.75, 3.05) is 0 Å². The summed E-state index contributed by atoms with van der Waals surface area (Å²) in [6.45, 7) is 1.56. The molecule has 0 aliphatic heterocycles. The van der Waals surface area contributed by atoms with Gasteiger partial charge >= 0.3 is 0 Å². The number of aryl methyl sites for hydroxylation is 2. The quantitative estimate of drug-likeness (QED) is 0.670. The smallest absolute Gasteiger partial charge is 0.258 e. The van der Waals surface area contributed by atoms with E-state index in [9.17, 15) is 18.5 Å². The number of sulfonamides is 1. The van der Waals surface area contributed by atoms with Gasteiger partial charge in [-0.3, -0.25) is 10.1 Å². The lowest BCUT2D eigenvalue weighted by Crippen LogP contribution is -2.22. The standard InChI is InChI=1S/C17H17N3O4S/c1-12-9-10-14(11-17(12)20(21)22)25(23,24)19-18-16-8-4-6-13-5-2-3-7-15(13)16/h2-3,5,7,9-11,19H,4,6,8H2,1H3/b18-16+. The Balaban J connectivity index is 1.91. The number of nitro groups is 1. The lowest BCUT2D eigenvalue weighted by molar-refractivity contribution is -0.385. The van der Waals surface area contributed by atoms with E-state index in [0.29, 0.717) is 17.7 Å². The van der Waals surface area contributed by atoms with Crippen molar-refractivity contribution < 1.29 is 13.3 Å². The normalized spacial score (nSPS) is 15.6. The van der Waals surface area contributed by atoms with E-state index in [1.165, 1.54) is 12.1 Å². The maximum Gasteiger partial charge on any atom is 0.276 e. The molecule has 2 aromatic carbocycles. The zero-order chi connectivity index (χ0) is 18.0. The highest BCUT2D eigenvalue weighted by molar-refractivity contribution is 7.89. The molecule has 0 aromatic heterocycles. The van der Waals surface area contributed by atoms with E-state index in [1.54, 1.807) is 6.92 Å². The van der Waals surface area contributed by atoms with E-state index in [4.69, 9.17) is 0 Å². The number of rotatable bonds is 4. The van der Waals surface area contributed by atoms with Crippen LogP contribution in [0.15, 0.2) is 52.5 Å². The zero-order valence-electron chi connectivity index (χ0n) is 13.6. The number of hydrogen-bond donors (Lipinski definition) is 1. The topological polar surface area (TPSA) is 102 Å². The number of fused-ring (bicyclic) bond motifs is 1. The summed E-state index contributed by atoms with van der Waals surface area (Å²) in [6, 6.07) is 11.5. The molecule has 0 atom stereocenters. The van der Waals surface area contributed by atoms with Crippen molar-refractivity contribution in [2.45, 2.75) is 31.1 Å². The SMILES string of the molecule is Cc1ccc(S(=O)(=O)N/N=C2\CCCc3ccccc32)cc1[N+](=O)[O-]. The number of nitro benzene ring substituents is 1. The lowest BCUT2D eigenvalue weighted by atomic mass is 9.90. The zero-order valence-corrected chi connectivity index (χ0v) is 14.4. The van der Waals surface area contributed by atoms with E-state index >= 15 is 0 Å². The first-order chi connectivity index (χ1) is 11.9. The molecule has 8 heteroatoms. The van der Waals surface area contributed by atoms with Gasteiger partial charge in [-0.1, -0.05) is 30.3 Å². The fraction of sp³-hybridized carbons (Fsp3) is 0.235. The Morgan fingerprint density at radius 2 is 1.92 bits per heavy atom. The predicted octanol–water partition coefficient (Wildman–Crippen LogP) is 2.92. The second kappa shape index (κ2) is 6.64. The molecule has 0 saturated carbocycles. The van der Waals surface area contributed by atoms with E-state index in [1.807, 2.05) is 24.3 Å². The number of nitrogens with zero attached hydrogens (tertiary/aromatic N) is 2. The van der Waals surface area contributed by atoms with Crippen LogP contribution in [0.25, 0.3) is 0 Å². The predicted molar refractivity (Wildman–Crippen MR) is 94.1 cm³/mol. The summed E-state index contributed by atoms with van der Waals surface area (Å²) in [6.07, 6.45) is 2.51. The Morgan fingerprint density at radius 3 is 2.68 bits per heavy atom. The Kier molecular flexibility index (Phi) is 4.54. The molecule has 1 N–H and O–H groups in total. The second-order valence-electron chi connectivity index (χ2n) is 5.87. The van der Waals surface area contributed by atoms with Crippen molar-refractivity contribution in [2.24, 2.45) is 5.10 Å². The maximum atomic E-state index is 12.4. The van der Waals surface area contributed by atoms with Crippen LogP contribution < -0.4 is 4.83 Å². The van der Waals surface area contributed by atoms with Gasteiger partial charge in [0.2, 0.25) is 0 Å². The first-order valence-corrected chi connectivity index (χ1v) is 9.28. The summed E-state index contributed by atoms with van der Waals surface area (Å²) in [5, 5.41) is 15.1. The lowest BCUT2D eigenvalue weighted by Gasteiger charge is -2.17. The molecule has 0 fully saturated rings. The highest BCUT2D eigenvalue weighted by Gasteiger charge is 2.21. The van der Waals surface area contributed by atoms with Gasteiger partial charge in [-0.2, -0.15) is 18.4 Å². The average Bonchev–Trinajstić information content (AvgIpc) is 2.60. The van der Waals surface area contributed by atoms with Crippen molar-refractivity contribution >= 4 is 21.4 Å². The van der Waals surface area contributed by atoms with Crippen LogP contribution >= 0.6 is 0 Å². The summed E-state index contributed by atoms with van der Waals surface area (Å²) >= 11 is 0. The van der Waals surface area contributed by atoms with E-state index in [0.717, 1.165) is 30.0 Å². The molecule has 3 rings (SSSR count). The van der Waals surface area contributed by atoms with Crippen LogP contribution in [0.1, 0.15) is 29.5 Å². The van der Waals surface area contributed by atoms with Gasteiger partial charge in [0.1, 0.15) is 0 Å². The Labute approximate surface area is 145 Å². The third-order valence-electron chi connectivity index (χ3n) is 4.18. The number of nitrogens with one attached hydrogen (secondary N) is 1. The fourth-order valence-electron chi connectivity index (χ4n) is 2.84. The van der Waals surface area contributed by atoms with Crippen LogP contribution in [0.3, 0.4) is 0 Å². The van der Waals surface area contributed by atoms with Crippen molar-refractivity contribution in [1.29, 1.82) is 0 Å². The van der Waals surface area contributed by atoms with E-state index in [-0.39, 0.29) is 10.6 Å². The average molecular weight is 359 g/mol. The van der Waals surface area contributed by atoms with Crippen molar-refractivity contribution in [1.82, 2.24) is 4.83 Å². The minimum Gasteiger partial charge on any atom is -0.258 e. The summed E-state index contributed by atoms with van der Waals surface area (Å²) in [4.78, 5) is 12.4. The van der Waals surface area contributed by atoms with Gasteiger partial charge in [0.05, 0.1) is 15.5 Å². The molecule has 0 saturated heterocycles. The molecule has 1 aliphatic carbocycles. The fourth-order valence-corrected chi connectivity index (χ4v) is 3.69. The van der Waals surface area contributed by atoms with E-state index < -0.39 is 14.9 Å². The van der Waals surface area contributed by atoms with Gasteiger partial charge in [-0.25, -0.2) is 0 Å². The summed E-state index contributed by atoms with van der Waals surface area (Å²) in [7, 11) is -3.98. The van der Waals surface area contributed by atoms with Gasteiger partial charge in [-0.05, 0) is 37.8 Å². The van der Waals surface area contributed by atoms with Gasteiger partial charge in [0.25, 0.3) is 15.7 Å². The van der Waals surface area contributed by atoms with Crippen molar-refractivity contribution in [3.05, 3.63) is 69.3 Å². The third kappa shape index (κ3) is 3.53. The van der Waals surface area contributed by atoms with Crippen LogP contribution in [-0.4, -0.2) is 19.1 Å². The molecule has 25 heavy (non-hydrogen) atoms. The summed E-state index contributed by atoms with van der Waals surface area (Å²) < 4.78 is 24.9. The molecular weight excluding hydrogens is 342 g/mol. The number of hydrogen-bond acceptors (Lipinski definition) is 5. The molecule has 0 spiro atoms. The first-order valence-electron chi connectivity index (χ1n) is 7.80. The Hall–Kier alpha value is -2.74. The third-order valence-corrected chi connectivity index (χ3v) is 5.38. The van der Waals surface area contributed by atoms with Crippen molar-refractivity contribution in [3.63, 3.8) is 0 Å². The summed E-state index contributed by atoms with van der Waals surface area (Å²) in [5.74, 6) is 0. The van der Waals surface area contributed by atoms with Crippen molar-refractivity contribution in [3.8, 4) is 0 Å². The molecule has 130 valence electrons. The molecule has 0 amide bonds. The molecule has 0 radical (unpaired) electrons. The number of hydrazone groups is 1. The second-order valence-corrected chi connectivity index (χ2v) is 7.53. The maximum absolute atomic E-state index is 12.4. The minimum absolute atomic E-state index is 0.182. The van der Waals surface area contributed by atoms with Crippen LogP contribution in [0.4, 0.5) is 5.69 Å². The molecule has 0 heterocycles. The Bertz CT molecular complexity index is 968. The van der Waals surface area contributed by atoms with Gasteiger partial charge in [0.15, 0.2) is 0 Å². The van der Waals surface area contributed by atoms with Gasteiger partial charge in [-0.15, -0.1) is 0 Å². The highest BCUT2D eigenvalue weighted by atomic mass is 32.2. The molecule has 7 nitrogen and oxygen atoms in total. The van der Waals surface area contributed by atoms with Crippen LogP contribution in [0.5, 0.6) is 0 Å². The Morgan fingerprint density at radius 1 is 1.16 bits per heavy atom. The van der Waals surface area contributed by atoms with Gasteiger partial charge in [0, 0.05) is 17.2 Å². The van der Waals surface area contributed by atoms with Crippen LogP contribution in [0.2, 0.25) is 0 Å². The molecular formula is C17H17N3O4S. The molecule has 2 aromatic rings. The van der Waals surface area contributed by atoms with Crippen LogP contribution in [0, 0.1) is 17.0 Å². The van der Waals surface area contributed by atoms with Crippen LogP contribution in [-0.2, 0) is 16.4 Å². The minimum atomic E-state index is -3.98. The van der Waals surface area contributed by atoms with E-state index in [2.05, 4.69) is 9.93 Å². The molecule has 1 aliphatic rings. The highest BCUT2D eigenvalue weighted by Crippen LogP contribution is 2.23. The van der Waals surface area contributed by atoms with Gasteiger partial charge < -0.3 is 0 Å².